The Morgan fingerprint density at radius 2 is 1.71 bits per heavy atom. The Morgan fingerprint density at radius 1 is 0.964 bits per heavy atom. The number of methoxy groups -OCH3 is 3. The Hall–Kier alpha value is -3.22. The van der Waals surface area contributed by atoms with Crippen LogP contribution in [-0.2, 0) is 16.0 Å². The monoisotopic (exact) mass is 386 g/mol. The van der Waals surface area contributed by atoms with E-state index in [1.807, 2.05) is 31.2 Å². The molecule has 0 aliphatic carbocycles. The van der Waals surface area contributed by atoms with Crippen LogP contribution in [0.1, 0.15) is 21.5 Å². The van der Waals surface area contributed by atoms with E-state index in [1.54, 1.807) is 26.4 Å². The van der Waals surface area contributed by atoms with Crippen LogP contribution in [0.2, 0.25) is 0 Å². The van der Waals surface area contributed by atoms with E-state index in [9.17, 15) is 9.59 Å². The molecule has 0 bridgehead atoms. The number of nitrogens with one attached hydrogen (secondary N) is 2. The molecule has 0 fully saturated rings. The molecule has 0 atom stereocenters. The largest absolute Gasteiger partial charge is 0.493 e. The lowest BCUT2D eigenvalue weighted by molar-refractivity contribution is -0.119. The van der Waals surface area contributed by atoms with Gasteiger partial charge < -0.3 is 24.8 Å². The minimum absolute atomic E-state index is 0.109. The molecular formula is C21H26N2O5. The van der Waals surface area contributed by atoms with Crippen LogP contribution in [-0.4, -0.2) is 46.3 Å². The predicted molar refractivity (Wildman–Crippen MR) is 107 cm³/mol. The maximum absolute atomic E-state index is 12.1. The maximum Gasteiger partial charge on any atom is 0.337 e. The Balaban J connectivity index is 1.84. The van der Waals surface area contributed by atoms with E-state index < -0.39 is 5.97 Å². The fourth-order valence-electron chi connectivity index (χ4n) is 2.68. The summed E-state index contributed by atoms with van der Waals surface area (Å²) in [6.45, 7) is 2.51. The van der Waals surface area contributed by atoms with E-state index in [1.165, 1.54) is 7.11 Å². The number of rotatable bonds is 9. The minimum atomic E-state index is -0.414. The summed E-state index contributed by atoms with van der Waals surface area (Å²) in [6.07, 6.45) is 0.670. The molecule has 2 aromatic carbocycles. The summed E-state index contributed by atoms with van der Waals surface area (Å²) in [5.74, 6) is 0.781. The minimum Gasteiger partial charge on any atom is -0.493 e. The highest BCUT2D eigenvalue weighted by atomic mass is 16.5. The van der Waals surface area contributed by atoms with E-state index in [0.717, 1.165) is 16.8 Å². The number of esters is 1. The second kappa shape index (κ2) is 10.2. The average Bonchev–Trinajstić information content (AvgIpc) is 2.72. The van der Waals surface area contributed by atoms with Gasteiger partial charge in [-0.2, -0.15) is 0 Å². The van der Waals surface area contributed by atoms with Crippen molar-refractivity contribution < 1.29 is 23.8 Å². The van der Waals surface area contributed by atoms with Crippen molar-refractivity contribution >= 4 is 17.6 Å². The van der Waals surface area contributed by atoms with Gasteiger partial charge >= 0.3 is 5.97 Å². The lowest BCUT2D eigenvalue weighted by Crippen LogP contribution is -2.31. The number of ether oxygens (including phenoxy) is 3. The van der Waals surface area contributed by atoms with Gasteiger partial charge in [0.05, 0.1) is 33.4 Å². The molecule has 2 aromatic rings. The van der Waals surface area contributed by atoms with Gasteiger partial charge in [-0.05, 0) is 48.7 Å². The molecule has 150 valence electrons. The molecule has 7 nitrogen and oxygen atoms in total. The molecule has 0 aliphatic rings. The molecule has 1 amide bonds. The first-order valence-electron chi connectivity index (χ1n) is 8.89. The number of anilines is 1. The molecule has 0 aromatic heterocycles. The third-order valence-electron chi connectivity index (χ3n) is 4.28. The number of amides is 1. The molecule has 28 heavy (non-hydrogen) atoms. The van der Waals surface area contributed by atoms with E-state index in [4.69, 9.17) is 14.2 Å². The molecule has 0 spiro atoms. The van der Waals surface area contributed by atoms with Gasteiger partial charge in [0, 0.05) is 12.2 Å². The molecule has 7 heteroatoms. The normalized spacial score (nSPS) is 10.1. The van der Waals surface area contributed by atoms with Crippen molar-refractivity contribution in [1.82, 2.24) is 5.32 Å². The predicted octanol–water partition coefficient (Wildman–Crippen LogP) is 2.57. The van der Waals surface area contributed by atoms with E-state index in [0.29, 0.717) is 30.0 Å². The summed E-state index contributed by atoms with van der Waals surface area (Å²) in [6, 6.07) is 10.9. The summed E-state index contributed by atoms with van der Waals surface area (Å²) >= 11 is 0. The summed E-state index contributed by atoms with van der Waals surface area (Å²) < 4.78 is 15.2. The van der Waals surface area contributed by atoms with Gasteiger partial charge in [0.25, 0.3) is 0 Å². The molecule has 0 aliphatic heterocycles. The molecule has 2 rings (SSSR count). The van der Waals surface area contributed by atoms with E-state index >= 15 is 0 Å². The van der Waals surface area contributed by atoms with Crippen molar-refractivity contribution in [2.24, 2.45) is 0 Å². The number of aryl methyl sites for hydroxylation is 1. The van der Waals surface area contributed by atoms with Crippen LogP contribution in [0.3, 0.4) is 0 Å². The second-order valence-corrected chi connectivity index (χ2v) is 6.16. The summed E-state index contributed by atoms with van der Waals surface area (Å²) in [7, 11) is 4.51. The summed E-state index contributed by atoms with van der Waals surface area (Å²) in [5.41, 5.74) is 3.13. The van der Waals surface area contributed by atoms with Crippen molar-refractivity contribution in [2.75, 3.05) is 39.7 Å². The molecule has 0 heterocycles. The topological polar surface area (TPSA) is 85.9 Å². The highest BCUT2D eigenvalue weighted by Crippen LogP contribution is 2.27. The van der Waals surface area contributed by atoms with Gasteiger partial charge in [-0.1, -0.05) is 12.1 Å². The van der Waals surface area contributed by atoms with Gasteiger partial charge in [0.1, 0.15) is 0 Å². The average molecular weight is 386 g/mol. The number of carbonyl (C=O) groups is 2. The van der Waals surface area contributed by atoms with Crippen molar-refractivity contribution in [3.05, 3.63) is 53.1 Å². The maximum atomic E-state index is 12.1. The summed E-state index contributed by atoms with van der Waals surface area (Å²) in [5, 5.41) is 5.93. The molecule has 0 radical (unpaired) electrons. The molecule has 0 unspecified atom stereocenters. The highest BCUT2D eigenvalue weighted by Gasteiger charge is 2.09. The van der Waals surface area contributed by atoms with Crippen LogP contribution in [0, 0.1) is 6.92 Å². The number of hydrogen-bond acceptors (Lipinski definition) is 6. The SMILES string of the molecule is COC(=O)c1ccc(C)c(NCC(=O)NCCc2ccc(OC)c(OC)c2)c1. The smallest absolute Gasteiger partial charge is 0.337 e. The number of hydrogen-bond donors (Lipinski definition) is 2. The van der Waals surface area contributed by atoms with E-state index in [2.05, 4.69) is 10.6 Å². The van der Waals surface area contributed by atoms with Gasteiger partial charge in [-0.3, -0.25) is 4.79 Å². The summed E-state index contributed by atoms with van der Waals surface area (Å²) in [4.78, 5) is 23.7. The standard InChI is InChI=1S/C21H26N2O5/c1-14-5-7-16(21(25)28-4)12-17(14)23-13-20(24)22-10-9-15-6-8-18(26-2)19(11-15)27-3/h5-8,11-12,23H,9-10,13H2,1-4H3,(H,22,24). The fourth-order valence-corrected chi connectivity index (χ4v) is 2.68. The van der Waals surface area contributed by atoms with Crippen molar-refractivity contribution in [1.29, 1.82) is 0 Å². The van der Waals surface area contributed by atoms with Crippen molar-refractivity contribution in [3.63, 3.8) is 0 Å². The van der Waals surface area contributed by atoms with Crippen LogP contribution in [0.15, 0.2) is 36.4 Å². The van der Waals surface area contributed by atoms with Gasteiger partial charge in [0.2, 0.25) is 5.91 Å². The van der Waals surface area contributed by atoms with Gasteiger partial charge in [0.15, 0.2) is 11.5 Å². The fraction of sp³-hybridized carbons (Fsp3) is 0.333. The van der Waals surface area contributed by atoms with Crippen LogP contribution >= 0.6 is 0 Å². The first-order valence-corrected chi connectivity index (χ1v) is 8.89. The van der Waals surface area contributed by atoms with Crippen LogP contribution in [0.5, 0.6) is 11.5 Å². The molecular weight excluding hydrogens is 360 g/mol. The molecule has 0 saturated carbocycles. The van der Waals surface area contributed by atoms with Crippen LogP contribution in [0.4, 0.5) is 5.69 Å². The zero-order valence-electron chi connectivity index (χ0n) is 16.6. The Bertz CT molecular complexity index is 836. The second-order valence-electron chi connectivity index (χ2n) is 6.16. The Labute approximate surface area is 165 Å². The van der Waals surface area contributed by atoms with Crippen molar-refractivity contribution in [2.45, 2.75) is 13.3 Å². The Kier molecular flexibility index (Phi) is 7.68. The quantitative estimate of drug-likeness (QED) is 0.644. The Morgan fingerprint density at radius 3 is 2.39 bits per heavy atom. The number of benzene rings is 2. The van der Waals surface area contributed by atoms with E-state index in [-0.39, 0.29) is 12.5 Å². The molecule has 0 saturated heterocycles. The van der Waals surface area contributed by atoms with Gasteiger partial charge in [-0.15, -0.1) is 0 Å². The third-order valence-corrected chi connectivity index (χ3v) is 4.28. The lowest BCUT2D eigenvalue weighted by atomic mass is 10.1. The van der Waals surface area contributed by atoms with Crippen molar-refractivity contribution in [3.8, 4) is 11.5 Å². The number of carbonyl (C=O) groups excluding carboxylic acids is 2. The lowest BCUT2D eigenvalue weighted by Gasteiger charge is -2.12. The van der Waals surface area contributed by atoms with Crippen LogP contribution < -0.4 is 20.1 Å². The zero-order valence-corrected chi connectivity index (χ0v) is 16.6. The van der Waals surface area contributed by atoms with Gasteiger partial charge in [-0.25, -0.2) is 4.79 Å². The first kappa shape index (κ1) is 21.1. The zero-order chi connectivity index (χ0) is 20.5. The molecule has 2 N–H and O–H groups in total. The third kappa shape index (κ3) is 5.64. The highest BCUT2D eigenvalue weighted by molar-refractivity contribution is 5.91. The van der Waals surface area contributed by atoms with Crippen LogP contribution in [0.25, 0.3) is 0 Å². The first-order chi connectivity index (χ1) is 13.5.